The second kappa shape index (κ2) is 7.48. The van der Waals surface area contributed by atoms with E-state index in [1.165, 1.54) is 0 Å². The van der Waals surface area contributed by atoms with Gasteiger partial charge in [-0.25, -0.2) is 4.98 Å². The van der Waals surface area contributed by atoms with Gasteiger partial charge in [0.1, 0.15) is 11.3 Å². The van der Waals surface area contributed by atoms with Crippen LogP contribution in [0.5, 0.6) is 5.75 Å². The lowest BCUT2D eigenvalue weighted by molar-refractivity contribution is 0.102. The van der Waals surface area contributed by atoms with Crippen molar-refractivity contribution in [3.05, 3.63) is 76.3 Å². The Labute approximate surface area is 170 Å². The molecule has 0 radical (unpaired) electrons. The molecular weight excluding hydrogens is 420 g/mol. The van der Waals surface area contributed by atoms with Gasteiger partial charge in [0.05, 0.1) is 7.11 Å². The van der Waals surface area contributed by atoms with Gasteiger partial charge >= 0.3 is 0 Å². The maximum atomic E-state index is 12.6. The van der Waals surface area contributed by atoms with Crippen molar-refractivity contribution < 1.29 is 13.9 Å². The van der Waals surface area contributed by atoms with Gasteiger partial charge in [-0.15, -0.1) is 0 Å². The van der Waals surface area contributed by atoms with E-state index in [0.29, 0.717) is 22.7 Å². The van der Waals surface area contributed by atoms with Gasteiger partial charge in [-0.05, 0) is 61.0 Å². The summed E-state index contributed by atoms with van der Waals surface area (Å²) in [5, 5.41) is 2.96. The number of hydrogen-bond acceptors (Lipinski definition) is 4. The molecule has 5 nitrogen and oxygen atoms in total. The lowest BCUT2D eigenvalue weighted by Crippen LogP contribution is -2.12. The third-order valence-electron chi connectivity index (χ3n) is 4.43. The Morgan fingerprint density at radius 1 is 1.07 bits per heavy atom. The number of amides is 1. The normalized spacial score (nSPS) is 10.8. The number of aromatic nitrogens is 1. The summed E-state index contributed by atoms with van der Waals surface area (Å²) in [6.07, 6.45) is 0. The molecule has 0 saturated heterocycles. The van der Waals surface area contributed by atoms with Crippen molar-refractivity contribution in [2.75, 3.05) is 12.4 Å². The average Bonchev–Trinajstić information content (AvgIpc) is 3.13. The standard InChI is InChI=1S/C22H17BrN2O3/c1-13-3-4-15(22-25-19-12-17(27-2)9-10-20(19)28-22)11-18(13)24-21(26)14-5-7-16(23)8-6-14/h3-12H,1-2H3,(H,24,26). The van der Waals surface area contributed by atoms with Crippen LogP contribution in [0.2, 0.25) is 0 Å². The number of benzene rings is 3. The van der Waals surface area contributed by atoms with Gasteiger partial charge in [0.25, 0.3) is 5.91 Å². The molecule has 1 aromatic heterocycles. The Kier molecular flexibility index (Phi) is 4.88. The summed E-state index contributed by atoms with van der Waals surface area (Å²) in [7, 11) is 1.61. The molecule has 0 bridgehead atoms. The largest absolute Gasteiger partial charge is 0.497 e. The Morgan fingerprint density at radius 3 is 2.61 bits per heavy atom. The first kappa shape index (κ1) is 18.3. The predicted octanol–water partition coefficient (Wildman–Crippen LogP) is 5.83. The number of carbonyl (C=O) groups is 1. The number of halogens is 1. The average molecular weight is 437 g/mol. The molecule has 0 fully saturated rings. The lowest BCUT2D eigenvalue weighted by atomic mass is 10.1. The van der Waals surface area contributed by atoms with Crippen LogP contribution in [0, 0.1) is 6.92 Å². The summed E-state index contributed by atoms with van der Waals surface area (Å²) >= 11 is 3.37. The number of methoxy groups -OCH3 is 1. The van der Waals surface area contributed by atoms with Crippen LogP contribution in [-0.4, -0.2) is 18.0 Å². The predicted molar refractivity (Wildman–Crippen MR) is 113 cm³/mol. The zero-order valence-electron chi connectivity index (χ0n) is 15.3. The first-order chi connectivity index (χ1) is 13.5. The van der Waals surface area contributed by atoms with E-state index in [2.05, 4.69) is 26.2 Å². The highest BCUT2D eigenvalue weighted by Gasteiger charge is 2.13. The van der Waals surface area contributed by atoms with Crippen molar-refractivity contribution in [3.8, 4) is 17.2 Å². The molecule has 3 aromatic carbocycles. The molecule has 28 heavy (non-hydrogen) atoms. The number of rotatable bonds is 4. The topological polar surface area (TPSA) is 64.4 Å². The minimum atomic E-state index is -0.171. The summed E-state index contributed by atoms with van der Waals surface area (Å²) in [4.78, 5) is 17.1. The molecule has 140 valence electrons. The van der Waals surface area contributed by atoms with Crippen LogP contribution in [0.15, 0.2) is 69.6 Å². The Hall–Kier alpha value is -3.12. The molecule has 1 heterocycles. The number of oxazole rings is 1. The second-order valence-corrected chi connectivity index (χ2v) is 7.26. The van der Waals surface area contributed by atoms with E-state index in [4.69, 9.17) is 9.15 Å². The summed E-state index contributed by atoms with van der Waals surface area (Å²) in [6.45, 7) is 1.94. The van der Waals surface area contributed by atoms with Crippen molar-refractivity contribution in [3.63, 3.8) is 0 Å². The summed E-state index contributed by atoms with van der Waals surface area (Å²) in [5.41, 5.74) is 4.43. The number of aryl methyl sites for hydroxylation is 1. The molecule has 0 atom stereocenters. The van der Waals surface area contributed by atoms with Gasteiger partial charge in [0, 0.05) is 27.4 Å². The van der Waals surface area contributed by atoms with Gasteiger partial charge in [-0.2, -0.15) is 0 Å². The van der Waals surface area contributed by atoms with Gasteiger partial charge < -0.3 is 14.5 Å². The fraction of sp³-hybridized carbons (Fsp3) is 0.0909. The number of fused-ring (bicyclic) bond motifs is 1. The van der Waals surface area contributed by atoms with Gasteiger partial charge in [0.15, 0.2) is 5.58 Å². The first-order valence-electron chi connectivity index (χ1n) is 8.66. The van der Waals surface area contributed by atoms with Crippen molar-refractivity contribution in [2.24, 2.45) is 0 Å². The molecule has 6 heteroatoms. The van der Waals surface area contributed by atoms with Crippen molar-refractivity contribution in [1.82, 2.24) is 4.98 Å². The minimum Gasteiger partial charge on any atom is -0.497 e. The maximum absolute atomic E-state index is 12.6. The highest BCUT2D eigenvalue weighted by Crippen LogP contribution is 2.29. The number of carbonyl (C=O) groups excluding carboxylic acids is 1. The molecule has 0 aliphatic heterocycles. The summed E-state index contributed by atoms with van der Waals surface area (Å²) < 4.78 is 12.0. The van der Waals surface area contributed by atoms with Crippen LogP contribution < -0.4 is 10.1 Å². The van der Waals surface area contributed by atoms with Crippen LogP contribution in [0.3, 0.4) is 0 Å². The Morgan fingerprint density at radius 2 is 1.86 bits per heavy atom. The minimum absolute atomic E-state index is 0.171. The number of hydrogen-bond donors (Lipinski definition) is 1. The molecule has 1 amide bonds. The third kappa shape index (κ3) is 3.64. The van der Waals surface area contributed by atoms with E-state index >= 15 is 0 Å². The van der Waals surface area contributed by atoms with Gasteiger partial charge in [0.2, 0.25) is 5.89 Å². The van der Waals surface area contributed by atoms with E-state index in [1.807, 2.05) is 55.5 Å². The van der Waals surface area contributed by atoms with Crippen molar-refractivity contribution in [1.29, 1.82) is 0 Å². The van der Waals surface area contributed by atoms with Crippen LogP contribution in [0.25, 0.3) is 22.6 Å². The van der Waals surface area contributed by atoms with E-state index in [1.54, 1.807) is 19.2 Å². The smallest absolute Gasteiger partial charge is 0.255 e. The molecule has 0 saturated carbocycles. The fourth-order valence-corrected chi connectivity index (χ4v) is 3.11. The lowest BCUT2D eigenvalue weighted by Gasteiger charge is -2.10. The monoisotopic (exact) mass is 436 g/mol. The second-order valence-electron chi connectivity index (χ2n) is 6.34. The van der Waals surface area contributed by atoms with Gasteiger partial charge in [-0.3, -0.25) is 4.79 Å². The fourth-order valence-electron chi connectivity index (χ4n) is 2.84. The van der Waals surface area contributed by atoms with E-state index in [9.17, 15) is 4.79 Å². The number of nitrogens with zero attached hydrogens (tertiary/aromatic N) is 1. The first-order valence-corrected chi connectivity index (χ1v) is 9.45. The van der Waals surface area contributed by atoms with Crippen LogP contribution >= 0.6 is 15.9 Å². The van der Waals surface area contributed by atoms with E-state index in [-0.39, 0.29) is 5.91 Å². The third-order valence-corrected chi connectivity index (χ3v) is 4.96. The van der Waals surface area contributed by atoms with Crippen LogP contribution in [0.4, 0.5) is 5.69 Å². The van der Waals surface area contributed by atoms with Crippen LogP contribution in [0.1, 0.15) is 15.9 Å². The molecule has 1 N–H and O–H groups in total. The molecule has 0 spiro atoms. The molecule has 0 unspecified atom stereocenters. The number of anilines is 1. The molecule has 0 aliphatic carbocycles. The highest BCUT2D eigenvalue weighted by molar-refractivity contribution is 9.10. The summed E-state index contributed by atoms with van der Waals surface area (Å²) in [6, 6.07) is 18.4. The zero-order chi connectivity index (χ0) is 19.7. The van der Waals surface area contributed by atoms with E-state index < -0.39 is 0 Å². The Bertz CT molecular complexity index is 1170. The van der Waals surface area contributed by atoms with E-state index in [0.717, 1.165) is 26.9 Å². The quantitative estimate of drug-likeness (QED) is 0.437. The number of nitrogens with one attached hydrogen (secondary N) is 1. The van der Waals surface area contributed by atoms with Crippen molar-refractivity contribution in [2.45, 2.75) is 6.92 Å². The SMILES string of the molecule is COc1ccc2oc(-c3ccc(C)c(NC(=O)c4ccc(Br)cc4)c3)nc2c1. The molecule has 0 aliphatic rings. The Balaban J connectivity index is 1.65. The molecular formula is C22H17BrN2O3. The molecule has 4 aromatic rings. The maximum Gasteiger partial charge on any atom is 0.255 e. The van der Waals surface area contributed by atoms with Crippen LogP contribution in [-0.2, 0) is 0 Å². The number of ether oxygens (including phenoxy) is 1. The zero-order valence-corrected chi connectivity index (χ0v) is 16.9. The van der Waals surface area contributed by atoms with Gasteiger partial charge in [-0.1, -0.05) is 22.0 Å². The molecule has 4 rings (SSSR count). The van der Waals surface area contributed by atoms with Crippen molar-refractivity contribution >= 4 is 38.6 Å². The highest BCUT2D eigenvalue weighted by atomic mass is 79.9. The summed E-state index contributed by atoms with van der Waals surface area (Å²) in [5.74, 6) is 1.04.